The third kappa shape index (κ3) is 3.06. The third-order valence-electron chi connectivity index (χ3n) is 2.82. The van der Waals surface area contributed by atoms with E-state index in [-0.39, 0.29) is 12.5 Å². The monoisotopic (exact) mass is 233 g/mol. The number of hydrogen-bond acceptors (Lipinski definition) is 3. The molecule has 0 atom stereocenters. The summed E-state index contributed by atoms with van der Waals surface area (Å²) in [4.78, 5) is 24.1. The average Bonchev–Trinajstić information content (AvgIpc) is 2.90. The van der Waals surface area contributed by atoms with Gasteiger partial charge in [0.2, 0.25) is 0 Å². The van der Waals surface area contributed by atoms with E-state index in [1.807, 2.05) is 4.90 Å². The highest BCUT2D eigenvalue weighted by atomic mass is 16.5. The Hall–Kier alpha value is -1.84. The van der Waals surface area contributed by atoms with Crippen LogP contribution in [-0.4, -0.2) is 36.8 Å². The van der Waals surface area contributed by atoms with Crippen molar-refractivity contribution in [3.05, 3.63) is 29.8 Å². The summed E-state index contributed by atoms with van der Waals surface area (Å²) >= 11 is 0. The van der Waals surface area contributed by atoms with Gasteiger partial charge in [0.05, 0.1) is 0 Å². The summed E-state index contributed by atoms with van der Waals surface area (Å²) in [5.41, 5.74) is 0.552. The summed E-state index contributed by atoms with van der Waals surface area (Å²) < 4.78 is 5.37. The molecule has 1 aliphatic heterocycles. The second kappa shape index (κ2) is 5.48. The molecule has 0 unspecified atom stereocenters. The number of rotatable bonds is 4. The van der Waals surface area contributed by atoms with Crippen LogP contribution in [0.2, 0.25) is 0 Å². The maximum atomic E-state index is 11.7. The second-order valence-electron chi connectivity index (χ2n) is 4.07. The van der Waals surface area contributed by atoms with Crippen molar-refractivity contribution in [3.63, 3.8) is 0 Å². The summed E-state index contributed by atoms with van der Waals surface area (Å²) in [5.74, 6) is 0.571. The Morgan fingerprint density at radius 2 is 2.12 bits per heavy atom. The van der Waals surface area contributed by atoms with E-state index >= 15 is 0 Å². The Kier molecular flexibility index (Phi) is 3.75. The van der Waals surface area contributed by atoms with Crippen molar-refractivity contribution in [2.45, 2.75) is 12.8 Å². The molecule has 1 heterocycles. The Balaban J connectivity index is 1.88. The molecular weight excluding hydrogens is 218 g/mol. The molecule has 4 nitrogen and oxygen atoms in total. The van der Waals surface area contributed by atoms with Crippen molar-refractivity contribution in [1.82, 2.24) is 4.90 Å². The van der Waals surface area contributed by atoms with Crippen molar-refractivity contribution in [3.8, 4) is 5.75 Å². The van der Waals surface area contributed by atoms with Crippen LogP contribution in [-0.2, 0) is 4.79 Å². The van der Waals surface area contributed by atoms with Crippen LogP contribution < -0.4 is 4.74 Å². The number of carbonyl (C=O) groups is 2. The fraction of sp³-hybridized carbons (Fsp3) is 0.385. The van der Waals surface area contributed by atoms with Crippen LogP contribution in [0.1, 0.15) is 23.2 Å². The molecule has 2 rings (SSSR count). The van der Waals surface area contributed by atoms with Gasteiger partial charge in [0, 0.05) is 18.7 Å². The first kappa shape index (κ1) is 11.6. The zero-order valence-corrected chi connectivity index (χ0v) is 9.59. The van der Waals surface area contributed by atoms with Gasteiger partial charge in [-0.15, -0.1) is 0 Å². The van der Waals surface area contributed by atoms with Crippen LogP contribution in [0, 0.1) is 0 Å². The highest BCUT2D eigenvalue weighted by Gasteiger charge is 2.17. The first-order valence-corrected chi connectivity index (χ1v) is 5.75. The number of hydrogen-bond donors (Lipinski definition) is 0. The molecule has 1 aliphatic rings. The Labute approximate surface area is 100 Å². The van der Waals surface area contributed by atoms with Gasteiger partial charge in [0.25, 0.3) is 5.91 Å². The molecule has 90 valence electrons. The quantitative estimate of drug-likeness (QED) is 0.740. The number of likely N-dealkylation sites (tertiary alicyclic amines) is 1. The molecule has 0 radical (unpaired) electrons. The molecule has 1 amide bonds. The molecule has 4 heteroatoms. The molecule has 0 bridgehead atoms. The SMILES string of the molecule is O=Cc1cccc(OCC(=O)N2CCCC2)c1. The standard InChI is InChI=1S/C13H15NO3/c15-9-11-4-3-5-12(8-11)17-10-13(16)14-6-1-2-7-14/h3-5,8-9H,1-2,6-7,10H2. The van der Waals surface area contributed by atoms with E-state index in [1.165, 1.54) is 0 Å². The number of aldehydes is 1. The van der Waals surface area contributed by atoms with Gasteiger partial charge < -0.3 is 9.64 Å². The van der Waals surface area contributed by atoms with Crippen molar-refractivity contribution in [1.29, 1.82) is 0 Å². The molecule has 0 aromatic heterocycles. The average molecular weight is 233 g/mol. The number of amides is 1. The van der Waals surface area contributed by atoms with E-state index in [1.54, 1.807) is 24.3 Å². The molecule has 1 fully saturated rings. The predicted molar refractivity (Wildman–Crippen MR) is 63.1 cm³/mol. The van der Waals surface area contributed by atoms with Gasteiger partial charge in [-0.05, 0) is 25.0 Å². The van der Waals surface area contributed by atoms with Gasteiger partial charge in [0.15, 0.2) is 6.61 Å². The van der Waals surface area contributed by atoms with E-state index in [4.69, 9.17) is 4.74 Å². The first-order valence-electron chi connectivity index (χ1n) is 5.75. The summed E-state index contributed by atoms with van der Waals surface area (Å²) in [6.45, 7) is 1.70. The number of benzene rings is 1. The number of carbonyl (C=O) groups excluding carboxylic acids is 2. The lowest BCUT2D eigenvalue weighted by molar-refractivity contribution is -0.132. The maximum absolute atomic E-state index is 11.7. The minimum atomic E-state index is 0.0130. The summed E-state index contributed by atoms with van der Waals surface area (Å²) in [6.07, 6.45) is 2.91. The van der Waals surface area contributed by atoms with Gasteiger partial charge in [-0.3, -0.25) is 9.59 Å². The van der Waals surface area contributed by atoms with Crippen LogP contribution in [0.3, 0.4) is 0 Å². The van der Waals surface area contributed by atoms with E-state index < -0.39 is 0 Å². The maximum Gasteiger partial charge on any atom is 0.260 e. The zero-order chi connectivity index (χ0) is 12.1. The van der Waals surface area contributed by atoms with Crippen molar-refractivity contribution >= 4 is 12.2 Å². The van der Waals surface area contributed by atoms with Crippen molar-refractivity contribution in [2.24, 2.45) is 0 Å². The molecule has 0 spiro atoms. The summed E-state index contributed by atoms with van der Waals surface area (Å²) in [6, 6.07) is 6.80. The van der Waals surface area contributed by atoms with Crippen LogP contribution in [0.4, 0.5) is 0 Å². The first-order chi connectivity index (χ1) is 8.29. The van der Waals surface area contributed by atoms with E-state index in [2.05, 4.69) is 0 Å². The lowest BCUT2D eigenvalue weighted by Gasteiger charge is -2.15. The summed E-state index contributed by atoms with van der Waals surface area (Å²) in [5, 5.41) is 0. The smallest absolute Gasteiger partial charge is 0.260 e. The molecule has 17 heavy (non-hydrogen) atoms. The van der Waals surface area contributed by atoms with Crippen molar-refractivity contribution < 1.29 is 14.3 Å². The number of nitrogens with zero attached hydrogens (tertiary/aromatic N) is 1. The zero-order valence-electron chi connectivity index (χ0n) is 9.59. The van der Waals surface area contributed by atoms with E-state index in [0.717, 1.165) is 32.2 Å². The molecule has 0 aliphatic carbocycles. The molecule has 1 saturated heterocycles. The normalized spacial score (nSPS) is 14.7. The van der Waals surface area contributed by atoms with Crippen LogP contribution in [0.5, 0.6) is 5.75 Å². The highest BCUT2D eigenvalue weighted by molar-refractivity contribution is 5.78. The van der Waals surface area contributed by atoms with Gasteiger partial charge in [0.1, 0.15) is 12.0 Å². The molecule has 1 aromatic carbocycles. The van der Waals surface area contributed by atoms with Gasteiger partial charge in [-0.1, -0.05) is 12.1 Å². The lowest BCUT2D eigenvalue weighted by atomic mass is 10.2. The largest absolute Gasteiger partial charge is 0.484 e. The highest BCUT2D eigenvalue weighted by Crippen LogP contribution is 2.13. The summed E-state index contributed by atoms with van der Waals surface area (Å²) in [7, 11) is 0. The van der Waals surface area contributed by atoms with Crippen LogP contribution in [0.25, 0.3) is 0 Å². The molecule has 1 aromatic rings. The van der Waals surface area contributed by atoms with Gasteiger partial charge in [-0.2, -0.15) is 0 Å². The fourth-order valence-corrected chi connectivity index (χ4v) is 1.88. The van der Waals surface area contributed by atoms with E-state index in [9.17, 15) is 9.59 Å². The van der Waals surface area contributed by atoms with E-state index in [0.29, 0.717) is 11.3 Å². The fourth-order valence-electron chi connectivity index (χ4n) is 1.88. The Bertz CT molecular complexity index is 411. The minimum Gasteiger partial charge on any atom is -0.484 e. The third-order valence-corrected chi connectivity index (χ3v) is 2.82. The van der Waals surface area contributed by atoms with Gasteiger partial charge >= 0.3 is 0 Å². The van der Waals surface area contributed by atoms with Gasteiger partial charge in [-0.25, -0.2) is 0 Å². The Morgan fingerprint density at radius 3 is 2.82 bits per heavy atom. The molecule has 0 saturated carbocycles. The van der Waals surface area contributed by atoms with Crippen LogP contribution >= 0.6 is 0 Å². The topological polar surface area (TPSA) is 46.6 Å². The Morgan fingerprint density at radius 1 is 1.35 bits per heavy atom. The molecule has 0 N–H and O–H groups in total. The minimum absolute atomic E-state index is 0.0130. The van der Waals surface area contributed by atoms with Crippen LogP contribution in [0.15, 0.2) is 24.3 Å². The van der Waals surface area contributed by atoms with Crippen molar-refractivity contribution in [2.75, 3.05) is 19.7 Å². The lowest BCUT2D eigenvalue weighted by Crippen LogP contribution is -2.32. The second-order valence-corrected chi connectivity index (χ2v) is 4.07. The predicted octanol–water partition coefficient (Wildman–Crippen LogP) is 1.50. The molecular formula is C13H15NO3. The number of ether oxygens (including phenoxy) is 1.